The van der Waals surface area contributed by atoms with Crippen molar-refractivity contribution in [2.24, 2.45) is 22.7 Å². The van der Waals surface area contributed by atoms with E-state index in [1.807, 2.05) is 19.2 Å². The third-order valence-corrected chi connectivity index (χ3v) is 4.69. The lowest BCUT2D eigenvalue weighted by Crippen LogP contribution is -3.00. The molecule has 0 radical (unpaired) electrons. The van der Waals surface area contributed by atoms with E-state index in [-0.39, 0.29) is 24.6 Å². The minimum atomic E-state index is -0.522. The standard InChI is InChI=1S/C20H31N3O2.ClH/c1-20(2,21)11-14-3-9-17(10-4-14)22-12-18(24)13-25-23-19(15-5-6-15)16-7-8-16;/h3-4,9-10,15-16,18,22,24H,5-8,11-13,21H2,1-2H3;1H. The van der Waals surface area contributed by atoms with Gasteiger partial charge in [-0.15, -0.1) is 0 Å². The first-order valence-electron chi connectivity index (χ1n) is 9.49. The number of hydrogen-bond donors (Lipinski definition) is 3. The van der Waals surface area contributed by atoms with Crippen LogP contribution in [0.1, 0.15) is 45.1 Å². The number of aliphatic hydroxyl groups is 1. The van der Waals surface area contributed by atoms with Crippen LogP contribution in [0.3, 0.4) is 0 Å². The summed E-state index contributed by atoms with van der Waals surface area (Å²) in [4.78, 5) is 5.43. The third kappa shape index (κ3) is 7.23. The molecular weight excluding hydrogens is 350 g/mol. The van der Waals surface area contributed by atoms with Gasteiger partial charge in [-0.1, -0.05) is 17.3 Å². The molecule has 2 aliphatic rings. The van der Waals surface area contributed by atoms with Crippen LogP contribution in [0.2, 0.25) is 0 Å². The fraction of sp³-hybridized carbons (Fsp3) is 0.650. The quantitative estimate of drug-likeness (QED) is 0.268. The zero-order valence-electron chi connectivity index (χ0n) is 15.8. The second-order valence-electron chi connectivity index (χ2n) is 8.36. The van der Waals surface area contributed by atoms with Gasteiger partial charge >= 0.3 is 0 Å². The van der Waals surface area contributed by atoms with Crippen LogP contribution in [0.15, 0.2) is 29.4 Å². The van der Waals surface area contributed by atoms with Crippen molar-refractivity contribution in [2.75, 3.05) is 13.2 Å². The highest BCUT2D eigenvalue weighted by atomic mass is 35.5. The Morgan fingerprint density at radius 2 is 1.81 bits per heavy atom. The van der Waals surface area contributed by atoms with Crippen molar-refractivity contribution in [3.05, 3.63) is 29.8 Å². The number of aliphatic hydroxyl groups excluding tert-OH is 1. The van der Waals surface area contributed by atoms with Crippen LogP contribution >= 0.6 is 0 Å². The topological polar surface area (TPSA) is 84.5 Å². The Kier molecular flexibility index (Phi) is 7.47. The lowest BCUT2D eigenvalue weighted by molar-refractivity contribution is -0.580. The van der Waals surface area contributed by atoms with Crippen molar-refractivity contribution >= 4 is 11.4 Å². The molecule has 6 heteroatoms. The van der Waals surface area contributed by atoms with Crippen molar-refractivity contribution in [1.82, 2.24) is 0 Å². The van der Waals surface area contributed by atoms with Gasteiger partial charge in [0.25, 0.3) is 0 Å². The maximum atomic E-state index is 10.1. The van der Waals surface area contributed by atoms with E-state index >= 15 is 0 Å². The SMILES string of the molecule is CC(C)(N)Cc1ccc([NH2+]CC(O)CON=C(C2CC2)C2CC2)cc1.[Cl-]. The van der Waals surface area contributed by atoms with Gasteiger partial charge in [0.15, 0.2) is 0 Å². The van der Waals surface area contributed by atoms with E-state index in [4.69, 9.17) is 10.6 Å². The van der Waals surface area contributed by atoms with E-state index in [0.29, 0.717) is 18.4 Å². The molecule has 1 aromatic rings. The minimum absolute atomic E-state index is 0. The largest absolute Gasteiger partial charge is 1.00 e. The van der Waals surface area contributed by atoms with Gasteiger partial charge in [0.2, 0.25) is 0 Å². The Morgan fingerprint density at radius 3 is 2.31 bits per heavy atom. The molecule has 0 heterocycles. The first kappa shape index (κ1) is 21.2. The number of hydrogen-bond acceptors (Lipinski definition) is 4. The Morgan fingerprint density at radius 1 is 1.23 bits per heavy atom. The lowest BCUT2D eigenvalue weighted by atomic mass is 9.96. The highest BCUT2D eigenvalue weighted by Gasteiger charge is 2.38. The predicted molar refractivity (Wildman–Crippen MR) is 99.7 cm³/mol. The number of nitrogens with two attached hydrogens (primary N) is 2. The predicted octanol–water partition coefficient (Wildman–Crippen LogP) is -1.28. The molecule has 0 aromatic heterocycles. The molecule has 2 fully saturated rings. The maximum Gasteiger partial charge on any atom is 0.148 e. The van der Waals surface area contributed by atoms with Crippen LogP contribution in [-0.2, 0) is 11.3 Å². The van der Waals surface area contributed by atoms with Crippen LogP contribution in [0.4, 0.5) is 5.69 Å². The zero-order chi connectivity index (χ0) is 17.9. The summed E-state index contributed by atoms with van der Waals surface area (Å²) >= 11 is 0. The van der Waals surface area contributed by atoms with Crippen molar-refractivity contribution in [3.63, 3.8) is 0 Å². The summed E-state index contributed by atoms with van der Waals surface area (Å²) in [5, 5.41) is 16.5. The Hall–Kier alpha value is -1.14. The number of quaternary nitrogens is 1. The van der Waals surface area contributed by atoms with E-state index in [9.17, 15) is 5.11 Å². The van der Waals surface area contributed by atoms with Crippen molar-refractivity contribution in [1.29, 1.82) is 0 Å². The molecule has 0 spiro atoms. The van der Waals surface area contributed by atoms with Crippen LogP contribution in [0.25, 0.3) is 0 Å². The average molecular weight is 382 g/mol. The summed E-state index contributed by atoms with van der Waals surface area (Å²) in [6, 6.07) is 8.35. The minimum Gasteiger partial charge on any atom is -1.00 e. The van der Waals surface area contributed by atoms with Crippen LogP contribution in [0, 0.1) is 11.8 Å². The summed E-state index contributed by atoms with van der Waals surface area (Å²) in [5.41, 5.74) is 9.44. The monoisotopic (exact) mass is 381 g/mol. The number of halogens is 1. The summed E-state index contributed by atoms with van der Waals surface area (Å²) < 4.78 is 0. The van der Waals surface area contributed by atoms with E-state index in [1.54, 1.807) is 0 Å². The number of nitrogens with zero attached hydrogens (tertiary/aromatic N) is 1. The molecule has 0 bridgehead atoms. The summed E-state index contributed by atoms with van der Waals surface area (Å²) in [6.45, 7) is 4.89. The van der Waals surface area contributed by atoms with E-state index in [0.717, 1.165) is 12.1 Å². The lowest BCUT2D eigenvalue weighted by Gasteiger charge is -2.18. The third-order valence-electron chi connectivity index (χ3n) is 4.69. The van der Waals surface area contributed by atoms with Crippen LogP contribution < -0.4 is 23.5 Å². The molecule has 5 nitrogen and oxygen atoms in total. The molecule has 2 saturated carbocycles. The Bertz CT molecular complexity index is 576. The molecular formula is C20H32ClN3O2. The van der Waals surface area contributed by atoms with Gasteiger partial charge in [-0.05, 0) is 63.6 Å². The van der Waals surface area contributed by atoms with Gasteiger partial charge in [-0.3, -0.25) is 0 Å². The molecule has 146 valence electrons. The van der Waals surface area contributed by atoms with Crippen molar-refractivity contribution in [2.45, 2.75) is 57.6 Å². The molecule has 0 amide bonds. The number of rotatable bonds is 10. The first-order valence-corrected chi connectivity index (χ1v) is 9.49. The number of oxime groups is 1. The van der Waals surface area contributed by atoms with Gasteiger partial charge < -0.3 is 33.4 Å². The van der Waals surface area contributed by atoms with Crippen molar-refractivity contribution in [3.8, 4) is 0 Å². The molecule has 1 unspecified atom stereocenters. The second-order valence-corrected chi connectivity index (χ2v) is 8.36. The van der Waals surface area contributed by atoms with Crippen molar-refractivity contribution < 1.29 is 27.7 Å². The van der Waals surface area contributed by atoms with E-state index in [1.165, 1.54) is 37.0 Å². The average Bonchev–Trinajstić information content (AvgIpc) is 3.43. The summed E-state index contributed by atoms with van der Waals surface area (Å²) in [5.74, 6) is 1.32. The maximum absolute atomic E-state index is 10.1. The molecule has 1 aromatic carbocycles. The summed E-state index contributed by atoms with van der Waals surface area (Å²) in [6.07, 6.45) is 5.36. The Balaban J connectivity index is 0.00000243. The normalized spacial score (nSPS) is 18.0. The molecule has 3 rings (SSSR count). The van der Waals surface area contributed by atoms with Gasteiger partial charge in [-0.2, -0.15) is 0 Å². The number of benzene rings is 1. The fourth-order valence-electron chi connectivity index (χ4n) is 3.08. The highest BCUT2D eigenvalue weighted by Crippen LogP contribution is 2.42. The molecule has 2 aliphatic carbocycles. The van der Waals surface area contributed by atoms with E-state index < -0.39 is 6.10 Å². The zero-order valence-corrected chi connectivity index (χ0v) is 16.6. The molecule has 1 atom stereocenters. The van der Waals surface area contributed by atoms with Gasteiger partial charge in [0, 0.05) is 17.4 Å². The van der Waals surface area contributed by atoms with E-state index in [2.05, 4.69) is 29.4 Å². The molecule has 26 heavy (non-hydrogen) atoms. The van der Waals surface area contributed by atoms with Crippen LogP contribution in [-0.4, -0.2) is 35.6 Å². The fourth-order valence-corrected chi connectivity index (χ4v) is 3.08. The highest BCUT2D eigenvalue weighted by molar-refractivity contribution is 5.92. The van der Waals surface area contributed by atoms with Gasteiger partial charge in [0.05, 0.1) is 5.71 Å². The smallest absolute Gasteiger partial charge is 0.148 e. The van der Waals surface area contributed by atoms with Gasteiger partial charge in [0.1, 0.15) is 24.9 Å². The first-order chi connectivity index (χ1) is 11.9. The molecule has 0 aliphatic heterocycles. The second kappa shape index (κ2) is 9.18. The molecule has 5 N–H and O–H groups in total. The van der Waals surface area contributed by atoms with Crippen LogP contribution in [0.5, 0.6) is 0 Å². The molecule has 0 saturated heterocycles. The van der Waals surface area contributed by atoms with Gasteiger partial charge in [-0.25, -0.2) is 0 Å². The summed E-state index contributed by atoms with van der Waals surface area (Å²) in [7, 11) is 0. The Labute approximate surface area is 162 Å².